The topological polar surface area (TPSA) is 106 Å². The Kier molecular flexibility index (Phi) is 4.92. The molecule has 22 heavy (non-hydrogen) atoms. The fourth-order valence-corrected chi connectivity index (χ4v) is 1.77. The van der Waals surface area contributed by atoms with Gasteiger partial charge < -0.3 is 21.1 Å². The Morgan fingerprint density at radius 2 is 1.91 bits per heavy atom. The van der Waals surface area contributed by atoms with E-state index < -0.39 is 6.03 Å². The smallest absolute Gasteiger partial charge is 0.316 e. The molecule has 0 aliphatic rings. The van der Waals surface area contributed by atoms with Crippen molar-refractivity contribution < 1.29 is 14.3 Å². The van der Waals surface area contributed by atoms with Crippen LogP contribution in [0.1, 0.15) is 15.9 Å². The van der Waals surface area contributed by atoms with E-state index in [0.717, 1.165) is 5.56 Å². The molecule has 0 atom stereocenters. The van der Waals surface area contributed by atoms with Crippen molar-refractivity contribution in [1.82, 2.24) is 10.3 Å². The number of nitrogens with one attached hydrogen (secondary N) is 2. The molecular formula is C15H16N4O3. The summed E-state index contributed by atoms with van der Waals surface area (Å²) in [6.45, 7) is 0.363. The van der Waals surface area contributed by atoms with Crippen LogP contribution >= 0.6 is 0 Å². The summed E-state index contributed by atoms with van der Waals surface area (Å²) in [4.78, 5) is 26.7. The first kappa shape index (κ1) is 15.3. The van der Waals surface area contributed by atoms with E-state index in [0.29, 0.717) is 23.7 Å². The molecule has 1 heterocycles. The van der Waals surface area contributed by atoms with E-state index in [-0.39, 0.29) is 5.91 Å². The van der Waals surface area contributed by atoms with Gasteiger partial charge in [0.15, 0.2) is 0 Å². The maximum absolute atomic E-state index is 12.0. The van der Waals surface area contributed by atoms with Crippen LogP contribution in [-0.2, 0) is 6.54 Å². The summed E-state index contributed by atoms with van der Waals surface area (Å²) in [5.41, 5.74) is 6.97. The molecule has 2 rings (SSSR count). The van der Waals surface area contributed by atoms with E-state index in [4.69, 9.17) is 10.5 Å². The molecule has 1 aromatic heterocycles. The van der Waals surface area contributed by atoms with Gasteiger partial charge in [-0.2, -0.15) is 0 Å². The van der Waals surface area contributed by atoms with Gasteiger partial charge in [-0.15, -0.1) is 0 Å². The molecule has 1 aromatic carbocycles. The van der Waals surface area contributed by atoms with Crippen molar-refractivity contribution in [3.05, 3.63) is 53.7 Å². The van der Waals surface area contributed by atoms with Crippen molar-refractivity contribution >= 4 is 17.6 Å². The van der Waals surface area contributed by atoms with Crippen molar-refractivity contribution in [3.8, 4) is 5.88 Å². The zero-order valence-corrected chi connectivity index (χ0v) is 12.0. The highest BCUT2D eigenvalue weighted by molar-refractivity contribution is 5.93. The Balaban J connectivity index is 1.91. The Hall–Kier alpha value is -3.09. The number of carbonyl (C=O) groups is 2. The zero-order chi connectivity index (χ0) is 15.9. The number of urea groups is 1. The van der Waals surface area contributed by atoms with Crippen LogP contribution in [0.4, 0.5) is 10.5 Å². The quantitative estimate of drug-likeness (QED) is 0.778. The fourth-order valence-electron chi connectivity index (χ4n) is 1.77. The molecule has 114 valence electrons. The number of ether oxygens (including phenoxy) is 1. The molecule has 7 nitrogen and oxygen atoms in total. The third-order valence-corrected chi connectivity index (χ3v) is 2.88. The summed E-state index contributed by atoms with van der Waals surface area (Å²) in [6.07, 6.45) is 1.45. The van der Waals surface area contributed by atoms with Crippen molar-refractivity contribution in [1.29, 1.82) is 0 Å². The number of amides is 3. The van der Waals surface area contributed by atoms with Crippen LogP contribution in [0.5, 0.6) is 5.88 Å². The first-order valence-electron chi connectivity index (χ1n) is 6.52. The second-order valence-electron chi connectivity index (χ2n) is 4.46. The second kappa shape index (κ2) is 7.07. The number of anilines is 1. The van der Waals surface area contributed by atoms with Crippen molar-refractivity contribution in [2.24, 2.45) is 5.73 Å². The molecule has 0 fully saturated rings. The van der Waals surface area contributed by atoms with Crippen molar-refractivity contribution in [2.75, 3.05) is 12.4 Å². The van der Waals surface area contributed by atoms with Gasteiger partial charge in [-0.25, -0.2) is 9.78 Å². The fraction of sp³-hybridized carbons (Fsp3) is 0.133. The molecule has 0 unspecified atom stereocenters. The summed E-state index contributed by atoms with van der Waals surface area (Å²) >= 11 is 0. The van der Waals surface area contributed by atoms with Gasteiger partial charge in [0.2, 0.25) is 5.88 Å². The zero-order valence-electron chi connectivity index (χ0n) is 12.0. The number of pyridine rings is 1. The number of aromatic nitrogens is 1. The highest BCUT2D eigenvalue weighted by Gasteiger charge is 2.06. The minimum absolute atomic E-state index is 0.227. The predicted molar refractivity (Wildman–Crippen MR) is 81.6 cm³/mol. The van der Waals surface area contributed by atoms with Crippen LogP contribution in [0, 0.1) is 0 Å². The lowest BCUT2D eigenvalue weighted by atomic mass is 10.2. The maximum atomic E-state index is 12.0. The number of hydrogen-bond donors (Lipinski definition) is 3. The number of benzene rings is 1. The van der Waals surface area contributed by atoms with E-state index in [1.807, 2.05) is 0 Å². The number of nitrogens with zero attached hydrogens (tertiary/aromatic N) is 1. The molecule has 0 bridgehead atoms. The van der Waals surface area contributed by atoms with Crippen LogP contribution in [0.3, 0.4) is 0 Å². The summed E-state index contributed by atoms with van der Waals surface area (Å²) < 4.78 is 4.94. The average Bonchev–Trinajstić information content (AvgIpc) is 2.53. The number of primary amides is 1. The number of methoxy groups -OCH3 is 1. The van der Waals surface area contributed by atoms with Crippen LogP contribution in [0.15, 0.2) is 42.6 Å². The Bertz CT molecular complexity index is 653. The predicted octanol–water partition coefficient (Wildman–Crippen LogP) is 1.51. The van der Waals surface area contributed by atoms with E-state index in [2.05, 4.69) is 15.6 Å². The molecule has 7 heteroatoms. The largest absolute Gasteiger partial charge is 0.481 e. The van der Waals surface area contributed by atoms with E-state index >= 15 is 0 Å². The molecule has 0 radical (unpaired) electrons. The highest BCUT2D eigenvalue weighted by Crippen LogP contribution is 2.10. The molecular weight excluding hydrogens is 284 g/mol. The first-order chi connectivity index (χ1) is 10.6. The van der Waals surface area contributed by atoms with Gasteiger partial charge in [0.05, 0.1) is 12.7 Å². The third-order valence-electron chi connectivity index (χ3n) is 2.88. The second-order valence-corrected chi connectivity index (χ2v) is 4.46. The Morgan fingerprint density at radius 3 is 2.45 bits per heavy atom. The third kappa shape index (κ3) is 4.20. The summed E-state index contributed by atoms with van der Waals surface area (Å²) in [7, 11) is 1.51. The van der Waals surface area contributed by atoms with E-state index in [1.165, 1.54) is 13.3 Å². The molecule has 0 aliphatic heterocycles. The number of rotatable bonds is 5. The summed E-state index contributed by atoms with van der Waals surface area (Å²) in [5.74, 6) is 0.226. The molecule has 0 saturated carbocycles. The molecule has 0 aliphatic carbocycles. The average molecular weight is 300 g/mol. The van der Waals surface area contributed by atoms with Crippen molar-refractivity contribution in [2.45, 2.75) is 6.54 Å². The van der Waals surface area contributed by atoms with Crippen LogP contribution < -0.4 is 21.1 Å². The maximum Gasteiger partial charge on any atom is 0.316 e. The van der Waals surface area contributed by atoms with E-state index in [9.17, 15) is 9.59 Å². The lowest BCUT2D eigenvalue weighted by Gasteiger charge is -2.07. The SMILES string of the molecule is COc1ccc(C(=O)NCc2ccc(NC(N)=O)cc2)cn1. The minimum Gasteiger partial charge on any atom is -0.481 e. The lowest BCUT2D eigenvalue weighted by molar-refractivity contribution is 0.0950. The van der Waals surface area contributed by atoms with Gasteiger partial charge in [-0.05, 0) is 23.8 Å². The molecule has 0 spiro atoms. The van der Waals surface area contributed by atoms with Gasteiger partial charge in [0, 0.05) is 24.5 Å². The normalized spacial score (nSPS) is 9.86. The summed E-state index contributed by atoms with van der Waals surface area (Å²) in [5, 5.41) is 5.25. The standard InChI is InChI=1S/C15H16N4O3/c1-22-13-7-4-11(9-17-13)14(20)18-8-10-2-5-12(6-3-10)19-15(16)21/h2-7,9H,8H2,1H3,(H,18,20)(H3,16,19,21). The van der Waals surface area contributed by atoms with Gasteiger partial charge in [-0.3, -0.25) is 4.79 Å². The monoisotopic (exact) mass is 300 g/mol. The lowest BCUT2D eigenvalue weighted by Crippen LogP contribution is -2.23. The van der Waals surface area contributed by atoms with Gasteiger partial charge in [0.25, 0.3) is 5.91 Å². The van der Waals surface area contributed by atoms with Crippen LogP contribution in [-0.4, -0.2) is 24.0 Å². The van der Waals surface area contributed by atoms with Crippen LogP contribution in [0.25, 0.3) is 0 Å². The molecule has 3 amide bonds. The molecule has 2 aromatic rings. The van der Waals surface area contributed by atoms with Gasteiger partial charge in [-0.1, -0.05) is 12.1 Å². The van der Waals surface area contributed by atoms with E-state index in [1.54, 1.807) is 36.4 Å². The van der Waals surface area contributed by atoms with Crippen LogP contribution in [0.2, 0.25) is 0 Å². The van der Waals surface area contributed by atoms with Gasteiger partial charge >= 0.3 is 6.03 Å². The Labute approximate surface area is 127 Å². The summed E-state index contributed by atoms with van der Waals surface area (Å²) in [6, 6.07) is 9.64. The van der Waals surface area contributed by atoms with Gasteiger partial charge in [0.1, 0.15) is 0 Å². The highest BCUT2D eigenvalue weighted by atomic mass is 16.5. The number of hydrogen-bond acceptors (Lipinski definition) is 4. The van der Waals surface area contributed by atoms with Crippen molar-refractivity contribution in [3.63, 3.8) is 0 Å². The minimum atomic E-state index is -0.618. The molecule has 4 N–H and O–H groups in total. The number of carbonyl (C=O) groups excluding carboxylic acids is 2. The Morgan fingerprint density at radius 1 is 1.18 bits per heavy atom. The first-order valence-corrected chi connectivity index (χ1v) is 6.52. The number of nitrogens with two attached hydrogens (primary N) is 1. The molecule has 0 saturated heterocycles.